The van der Waals surface area contributed by atoms with Crippen molar-refractivity contribution in [2.75, 3.05) is 59.3 Å². The Morgan fingerprint density at radius 3 is 2.27 bits per heavy atom. The second-order valence-electron chi connectivity index (χ2n) is 20.9. The molecule has 60 heavy (non-hydrogen) atoms. The van der Waals surface area contributed by atoms with E-state index in [9.17, 15) is 0 Å². The molecule has 0 aromatic rings. The van der Waals surface area contributed by atoms with Gasteiger partial charge in [0.05, 0.1) is 45.2 Å². The lowest BCUT2D eigenvalue weighted by Gasteiger charge is -2.55. The Kier molecular flexibility index (Phi) is 24.6. The summed E-state index contributed by atoms with van der Waals surface area (Å²) in [6, 6.07) is 0. The van der Waals surface area contributed by atoms with E-state index in [0.717, 1.165) is 67.9 Å². The highest BCUT2D eigenvalue weighted by molar-refractivity contribution is 5.24. The number of nitrogens with zero attached hydrogens (tertiary/aromatic N) is 1. The fourth-order valence-corrected chi connectivity index (χ4v) is 12.5. The van der Waals surface area contributed by atoms with E-state index in [1.165, 1.54) is 167 Å². The fraction of sp³-hybridized carbons (Fsp3) is 0.891. The Labute approximate surface area is 372 Å². The molecule has 5 heteroatoms. The summed E-state index contributed by atoms with van der Waals surface area (Å²) in [7, 11) is 0. The summed E-state index contributed by atoms with van der Waals surface area (Å²) >= 11 is 0. The van der Waals surface area contributed by atoms with Crippen LogP contribution in [0.25, 0.3) is 0 Å². The molecule has 0 bridgehead atoms. The molecule has 0 aromatic carbocycles. The maximum Gasteiger partial charge on any atom is 0.0936 e. The van der Waals surface area contributed by atoms with Crippen molar-refractivity contribution in [3.05, 3.63) is 36.0 Å². The molecular weight excluding hydrogens is 739 g/mol. The molecule has 0 N–H and O–H groups in total. The predicted octanol–water partition coefficient (Wildman–Crippen LogP) is 14.5. The number of allylic oxidation sites excluding steroid dienone is 5. The van der Waals surface area contributed by atoms with E-state index >= 15 is 0 Å². The summed E-state index contributed by atoms with van der Waals surface area (Å²) in [6.07, 6.45) is 48.7. The fourth-order valence-electron chi connectivity index (χ4n) is 12.5. The van der Waals surface area contributed by atoms with Gasteiger partial charge in [0.2, 0.25) is 0 Å². The molecule has 5 nitrogen and oxygen atoms in total. The topological polar surface area (TPSA) is 40.2 Å². The van der Waals surface area contributed by atoms with Crippen molar-refractivity contribution in [2.45, 2.75) is 213 Å². The van der Waals surface area contributed by atoms with Crippen molar-refractivity contribution in [3.63, 3.8) is 0 Å². The van der Waals surface area contributed by atoms with Crippen LogP contribution in [-0.2, 0) is 18.9 Å². The Morgan fingerprint density at radius 2 is 1.47 bits per heavy atom. The number of ether oxygens (including phenoxy) is 4. The Hall–Kier alpha value is -0.980. The van der Waals surface area contributed by atoms with Gasteiger partial charge in [-0.15, -0.1) is 0 Å². The highest BCUT2D eigenvalue weighted by atomic mass is 16.6. The maximum absolute atomic E-state index is 6.49. The molecule has 0 radical (unpaired) electrons. The molecule has 5 aliphatic rings. The van der Waals surface area contributed by atoms with Crippen LogP contribution in [0.3, 0.4) is 0 Å². The first-order valence-corrected chi connectivity index (χ1v) is 26.6. The van der Waals surface area contributed by atoms with Crippen molar-refractivity contribution < 1.29 is 18.9 Å². The third-order valence-corrected chi connectivity index (χ3v) is 16.0. The number of rotatable bonds is 32. The maximum atomic E-state index is 6.49. The standard InChI is InChI=1S/C55H97NO4/c1-5-6-7-8-9-10-11-12-13-14-15-16-17-18-19-25-38-58-45-50(44-56-36-23-20-24-37-56)60-42-40-57-39-41-59-49-34-35-55(4)48(43-49)29-31-53-52-30-28-47(27-22-21-26-46(2)3)51(52)32-33-54(53)55/h9-10,12-13,29,46-47,49-54H,5-8,11,14-28,30-45H2,1-4H3/b10-9-,13-12-/t47-,49-,50?,51?,52?,53?,54?,55-/m0/s1. The zero-order chi connectivity index (χ0) is 42.1. The van der Waals surface area contributed by atoms with Gasteiger partial charge in [-0.3, -0.25) is 0 Å². The number of hydrogen-bond acceptors (Lipinski definition) is 5. The number of likely N-dealkylation sites (tertiary alicyclic amines) is 1. The second-order valence-corrected chi connectivity index (χ2v) is 20.9. The zero-order valence-corrected chi connectivity index (χ0v) is 40.0. The molecule has 1 heterocycles. The largest absolute Gasteiger partial charge is 0.379 e. The van der Waals surface area contributed by atoms with Gasteiger partial charge in [0.1, 0.15) is 0 Å². The van der Waals surface area contributed by atoms with Gasteiger partial charge in [-0.05, 0) is 157 Å². The molecule has 4 fully saturated rings. The van der Waals surface area contributed by atoms with Gasteiger partial charge in [-0.1, -0.05) is 134 Å². The minimum atomic E-state index is 0.122. The van der Waals surface area contributed by atoms with E-state index in [1.54, 1.807) is 5.57 Å². The third kappa shape index (κ3) is 17.5. The Morgan fingerprint density at radius 1 is 0.717 bits per heavy atom. The van der Waals surface area contributed by atoms with Crippen molar-refractivity contribution in [2.24, 2.45) is 40.9 Å². The molecule has 5 rings (SSSR count). The van der Waals surface area contributed by atoms with E-state index in [-0.39, 0.29) is 6.10 Å². The Bertz CT molecular complexity index is 1190. The van der Waals surface area contributed by atoms with Crippen molar-refractivity contribution in [1.82, 2.24) is 4.90 Å². The van der Waals surface area contributed by atoms with Crippen molar-refractivity contribution in [1.29, 1.82) is 0 Å². The summed E-state index contributed by atoms with van der Waals surface area (Å²) in [5.41, 5.74) is 2.15. The third-order valence-electron chi connectivity index (χ3n) is 16.0. The molecule has 1 aliphatic heterocycles. The number of unbranched alkanes of at least 4 members (excludes halogenated alkanes) is 10. The average molecular weight is 836 g/mol. The van der Waals surface area contributed by atoms with Gasteiger partial charge >= 0.3 is 0 Å². The normalized spacial score (nSPS) is 29.0. The molecule has 5 unspecified atom stereocenters. The molecular formula is C55H97NO4. The summed E-state index contributed by atoms with van der Waals surface area (Å²) in [5.74, 6) is 5.76. The van der Waals surface area contributed by atoms with E-state index < -0.39 is 0 Å². The monoisotopic (exact) mass is 836 g/mol. The van der Waals surface area contributed by atoms with Gasteiger partial charge in [0.15, 0.2) is 0 Å². The molecule has 0 amide bonds. The molecule has 0 aromatic heterocycles. The van der Waals surface area contributed by atoms with Gasteiger partial charge in [-0.2, -0.15) is 0 Å². The Balaban J connectivity index is 0.889. The van der Waals surface area contributed by atoms with Crippen LogP contribution in [0.15, 0.2) is 36.0 Å². The summed E-state index contributed by atoms with van der Waals surface area (Å²) in [4.78, 5) is 2.58. The van der Waals surface area contributed by atoms with Crippen LogP contribution < -0.4 is 0 Å². The SMILES string of the molecule is CCCCC/C=C\C/C=C\CCCCCCCCOCC(CN1CCCCC1)OCCOCCO[C@H]1CC[C@@]2(C)C(=CCC3C4CC[C@H](CCCCC(C)C)C4CCC32)C1. The molecule has 3 saturated carbocycles. The van der Waals surface area contributed by atoms with Crippen LogP contribution >= 0.6 is 0 Å². The number of fused-ring (bicyclic) bond motifs is 5. The van der Waals surface area contributed by atoms with Crippen LogP contribution in [0.1, 0.15) is 201 Å². The van der Waals surface area contributed by atoms with Crippen LogP contribution in [-0.4, -0.2) is 76.4 Å². The first-order chi connectivity index (χ1) is 29.5. The minimum absolute atomic E-state index is 0.122. The van der Waals surface area contributed by atoms with E-state index in [0.29, 0.717) is 44.6 Å². The molecule has 8 atom stereocenters. The number of piperidine rings is 1. The minimum Gasteiger partial charge on any atom is -0.379 e. The lowest BCUT2D eigenvalue weighted by molar-refractivity contribution is -0.0656. The molecule has 1 saturated heterocycles. The van der Waals surface area contributed by atoms with E-state index in [4.69, 9.17) is 18.9 Å². The highest BCUT2D eigenvalue weighted by Gasteiger charge is 2.54. The quantitative estimate of drug-likeness (QED) is 0.0499. The lowest BCUT2D eigenvalue weighted by Crippen LogP contribution is -2.47. The van der Waals surface area contributed by atoms with Crippen LogP contribution in [0, 0.1) is 40.9 Å². The van der Waals surface area contributed by atoms with Crippen molar-refractivity contribution in [3.8, 4) is 0 Å². The van der Waals surface area contributed by atoms with Crippen LogP contribution in [0.5, 0.6) is 0 Å². The van der Waals surface area contributed by atoms with Crippen molar-refractivity contribution >= 4 is 0 Å². The summed E-state index contributed by atoms with van der Waals surface area (Å²) in [6.45, 7) is 17.2. The molecule has 4 aliphatic carbocycles. The second kappa shape index (κ2) is 29.5. The zero-order valence-electron chi connectivity index (χ0n) is 40.0. The average Bonchev–Trinajstić information content (AvgIpc) is 3.68. The van der Waals surface area contributed by atoms with Gasteiger partial charge in [-0.25, -0.2) is 0 Å². The van der Waals surface area contributed by atoms with Crippen LogP contribution in [0.2, 0.25) is 0 Å². The van der Waals surface area contributed by atoms with E-state index in [2.05, 4.69) is 63.0 Å². The lowest BCUT2D eigenvalue weighted by atomic mass is 9.50. The van der Waals surface area contributed by atoms with Gasteiger partial charge in [0, 0.05) is 13.2 Å². The summed E-state index contributed by atoms with van der Waals surface area (Å²) in [5, 5.41) is 0. The van der Waals surface area contributed by atoms with E-state index in [1.807, 2.05) is 0 Å². The predicted molar refractivity (Wildman–Crippen MR) is 255 cm³/mol. The first-order valence-electron chi connectivity index (χ1n) is 26.6. The summed E-state index contributed by atoms with van der Waals surface area (Å²) < 4.78 is 25.2. The molecule has 346 valence electrons. The van der Waals surface area contributed by atoms with Crippen LogP contribution in [0.4, 0.5) is 0 Å². The molecule has 0 spiro atoms. The van der Waals surface area contributed by atoms with Gasteiger partial charge in [0.25, 0.3) is 0 Å². The van der Waals surface area contributed by atoms with Gasteiger partial charge < -0.3 is 23.8 Å². The first kappa shape index (κ1) is 50.0. The highest BCUT2D eigenvalue weighted by Crippen LogP contribution is 2.62. The number of hydrogen-bond donors (Lipinski definition) is 0. The smallest absolute Gasteiger partial charge is 0.0936 e.